The van der Waals surface area contributed by atoms with Crippen molar-refractivity contribution in [2.24, 2.45) is 5.73 Å². The zero-order chi connectivity index (χ0) is 18.1. The largest absolute Gasteiger partial charge is 0.492 e. The third-order valence-corrected chi connectivity index (χ3v) is 4.22. The Kier molecular flexibility index (Phi) is 7.76. The number of hydrogen-bond donors (Lipinski definition) is 1. The lowest BCUT2D eigenvalue weighted by molar-refractivity contribution is 0.319. The van der Waals surface area contributed by atoms with Gasteiger partial charge in [0.1, 0.15) is 12.4 Å². The summed E-state index contributed by atoms with van der Waals surface area (Å²) in [5, 5.41) is 0. The number of aryl methyl sites for hydroxylation is 1. The molecule has 25 heavy (non-hydrogen) atoms. The first kappa shape index (κ1) is 19.3. The summed E-state index contributed by atoms with van der Waals surface area (Å²) in [5.74, 6) is 0.887. The minimum atomic E-state index is 0.544. The molecule has 0 radical (unpaired) electrons. The Morgan fingerprint density at radius 2 is 1.52 bits per heavy atom. The number of hydrogen-bond acceptors (Lipinski definition) is 4. The third kappa shape index (κ3) is 6.77. The molecule has 0 bridgehead atoms. The van der Waals surface area contributed by atoms with Gasteiger partial charge in [0.2, 0.25) is 0 Å². The Labute approximate surface area is 152 Å². The third-order valence-electron chi connectivity index (χ3n) is 4.22. The number of anilines is 1. The first-order chi connectivity index (χ1) is 12.1. The summed E-state index contributed by atoms with van der Waals surface area (Å²) in [6.45, 7) is 3.15. The van der Waals surface area contributed by atoms with E-state index in [1.54, 1.807) is 0 Å². The van der Waals surface area contributed by atoms with Gasteiger partial charge in [-0.05, 0) is 61.8 Å². The van der Waals surface area contributed by atoms with Crippen molar-refractivity contribution in [3.63, 3.8) is 0 Å². The maximum atomic E-state index is 5.51. The van der Waals surface area contributed by atoms with Gasteiger partial charge in [-0.1, -0.05) is 24.3 Å². The van der Waals surface area contributed by atoms with Gasteiger partial charge >= 0.3 is 0 Å². The number of benzene rings is 2. The second-order valence-corrected chi connectivity index (χ2v) is 6.68. The summed E-state index contributed by atoms with van der Waals surface area (Å²) in [6.07, 6.45) is 2.28. The van der Waals surface area contributed by atoms with E-state index in [4.69, 9.17) is 10.5 Å². The fraction of sp³-hybridized carbons (Fsp3) is 0.429. The van der Waals surface area contributed by atoms with E-state index >= 15 is 0 Å². The summed E-state index contributed by atoms with van der Waals surface area (Å²) in [7, 11) is 6.32. The van der Waals surface area contributed by atoms with Crippen LogP contribution >= 0.6 is 0 Å². The lowest BCUT2D eigenvalue weighted by atomic mass is 10.1. The highest BCUT2D eigenvalue weighted by Gasteiger charge is 2.02. The van der Waals surface area contributed by atoms with Crippen LogP contribution in [0.2, 0.25) is 0 Å². The standard InChI is InChI=1S/C21H31N3O/c1-23(2)20-10-6-18(7-11-20)5-4-15-24(3)17-19-8-12-21(13-9-19)25-16-14-22/h6-13H,4-5,14-17,22H2,1-3H3. The van der Waals surface area contributed by atoms with E-state index in [0.717, 1.165) is 31.7 Å². The fourth-order valence-electron chi connectivity index (χ4n) is 2.77. The van der Waals surface area contributed by atoms with Crippen LogP contribution in [0.1, 0.15) is 17.5 Å². The Hall–Kier alpha value is -2.04. The van der Waals surface area contributed by atoms with Gasteiger partial charge in [-0.25, -0.2) is 0 Å². The van der Waals surface area contributed by atoms with Gasteiger partial charge in [0.15, 0.2) is 0 Å². The van der Waals surface area contributed by atoms with Gasteiger partial charge < -0.3 is 20.3 Å². The van der Waals surface area contributed by atoms with Crippen LogP contribution < -0.4 is 15.4 Å². The molecule has 0 aliphatic rings. The molecule has 0 fully saturated rings. The molecule has 2 rings (SSSR count). The van der Waals surface area contributed by atoms with Gasteiger partial charge in [0, 0.05) is 32.9 Å². The van der Waals surface area contributed by atoms with E-state index in [1.165, 1.54) is 16.8 Å². The van der Waals surface area contributed by atoms with Crippen molar-refractivity contribution in [2.75, 3.05) is 45.7 Å². The van der Waals surface area contributed by atoms with Crippen molar-refractivity contribution in [3.8, 4) is 5.75 Å². The molecule has 0 amide bonds. The van der Waals surface area contributed by atoms with Crippen molar-refractivity contribution >= 4 is 5.69 Å². The molecule has 0 unspecified atom stereocenters. The molecular formula is C21H31N3O. The summed E-state index contributed by atoms with van der Waals surface area (Å²) in [5.41, 5.74) is 9.40. The van der Waals surface area contributed by atoms with E-state index in [0.29, 0.717) is 13.2 Å². The lowest BCUT2D eigenvalue weighted by Gasteiger charge is -2.17. The van der Waals surface area contributed by atoms with Crippen LogP contribution in [0.4, 0.5) is 5.69 Å². The molecule has 0 saturated heterocycles. The van der Waals surface area contributed by atoms with Gasteiger partial charge in [0.05, 0.1) is 0 Å². The maximum absolute atomic E-state index is 5.51. The molecule has 4 nitrogen and oxygen atoms in total. The zero-order valence-corrected chi connectivity index (χ0v) is 15.7. The Morgan fingerprint density at radius 3 is 2.12 bits per heavy atom. The summed E-state index contributed by atoms with van der Waals surface area (Å²) in [6, 6.07) is 17.1. The first-order valence-electron chi connectivity index (χ1n) is 8.95. The second kappa shape index (κ2) is 10.1. The molecule has 0 aliphatic heterocycles. The van der Waals surface area contributed by atoms with Gasteiger partial charge in [-0.2, -0.15) is 0 Å². The Morgan fingerprint density at radius 1 is 0.880 bits per heavy atom. The number of nitrogens with two attached hydrogens (primary N) is 1. The SMILES string of the molecule is CN(CCCc1ccc(N(C)C)cc1)Cc1ccc(OCCN)cc1. The average Bonchev–Trinajstić information content (AvgIpc) is 2.61. The first-order valence-corrected chi connectivity index (χ1v) is 8.95. The number of ether oxygens (including phenoxy) is 1. The quantitative estimate of drug-likeness (QED) is 0.721. The molecule has 2 N–H and O–H groups in total. The Bertz CT molecular complexity index is 608. The molecule has 0 spiro atoms. The smallest absolute Gasteiger partial charge is 0.119 e. The predicted octanol–water partition coefficient (Wildman–Crippen LogP) is 3.15. The summed E-state index contributed by atoms with van der Waals surface area (Å²) in [4.78, 5) is 4.49. The van der Waals surface area contributed by atoms with E-state index in [-0.39, 0.29) is 0 Å². The number of rotatable bonds is 10. The van der Waals surface area contributed by atoms with Crippen molar-refractivity contribution in [2.45, 2.75) is 19.4 Å². The van der Waals surface area contributed by atoms with E-state index < -0.39 is 0 Å². The Balaban J connectivity index is 1.72. The van der Waals surface area contributed by atoms with Crippen molar-refractivity contribution in [1.82, 2.24) is 4.90 Å². The molecule has 136 valence electrons. The normalized spacial score (nSPS) is 10.9. The molecule has 0 aromatic heterocycles. The van der Waals surface area contributed by atoms with Crippen LogP contribution in [0.5, 0.6) is 5.75 Å². The second-order valence-electron chi connectivity index (χ2n) is 6.68. The van der Waals surface area contributed by atoms with Crippen molar-refractivity contribution in [1.29, 1.82) is 0 Å². The average molecular weight is 341 g/mol. The van der Waals surface area contributed by atoms with Crippen LogP contribution in [-0.4, -0.2) is 45.7 Å². The minimum absolute atomic E-state index is 0.544. The van der Waals surface area contributed by atoms with Crippen LogP contribution in [-0.2, 0) is 13.0 Å². The van der Waals surface area contributed by atoms with Gasteiger partial charge in [-0.3, -0.25) is 0 Å². The monoisotopic (exact) mass is 341 g/mol. The van der Waals surface area contributed by atoms with E-state index in [9.17, 15) is 0 Å². The zero-order valence-electron chi connectivity index (χ0n) is 15.7. The molecule has 0 atom stereocenters. The summed E-state index contributed by atoms with van der Waals surface area (Å²) >= 11 is 0. The van der Waals surface area contributed by atoms with E-state index in [1.807, 2.05) is 12.1 Å². The molecule has 0 saturated carbocycles. The number of nitrogens with zero attached hydrogens (tertiary/aromatic N) is 2. The van der Waals surface area contributed by atoms with Crippen LogP contribution in [0.15, 0.2) is 48.5 Å². The molecule has 4 heteroatoms. The topological polar surface area (TPSA) is 41.7 Å². The molecule has 2 aromatic carbocycles. The molecular weight excluding hydrogens is 310 g/mol. The van der Waals surface area contributed by atoms with Crippen molar-refractivity contribution in [3.05, 3.63) is 59.7 Å². The van der Waals surface area contributed by atoms with Crippen molar-refractivity contribution < 1.29 is 4.74 Å². The maximum Gasteiger partial charge on any atom is 0.119 e. The highest BCUT2D eigenvalue weighted by molar-refractivity contribution is 5.46. The molecule has 0 aliphatic carbocycles. The molecule has 2 aromatic rings. The highest BCUT2D eigenvalue weighted by Crippen LogP contribution is 2.15. The van der Waals surface area contributed by atoms with Gasteiger partial charge in [-0.15, -0.1) is 0 Å². The van der Waals surface area contributed by atoms with Gasteiger partial charge in [0.25, 0.3) is 0 Å². The fourth-order valence-corrected chi connectivity index (χ4v) is 2.77. The minimum Gasteiger partial charge on any atom is -0.492 e. The predicted molar refractivity (Wildman–Crippen MR) is 106 cm³/mol. The molecule has 0 heterocycles. The van der Waals surface area contributed by atoms with E-state index in [2.05, 4.69) is 67.3 Å². The van der Waals surface area contributed by atoms with Crippen LogP contribution in [0, 0.1) is 0 Å². The lowest BCUT2D eigenvalue weighted by Crippen LogP contribution is -2.19. The van der Waals surface area contributed by atoms with Crippen LogP contribution in [0.3, 0.4) is 0 Å². The van der Waals surface area contributed by atoms with Crippen LogP contribution in [0.25, 0.3) is 0 Å². The summed E-state index contributed by atoms with van der Waals surface area (Å²) < 4.78 is 5.51. The highest BCUT2D eigenvalue weighted by atomic mass is 16.5.